The number of hydrogen-bond acceptors (Lipinski definition) is 7. The first-order chi connectivity index (χ1) is 13.5. The molecular formula is C20H21N3O4S. The molecule has 0 saturated heterocycles. The van der Waals surface area contributed by atoms with Crippen LogP contribution in [0.15, 0.2) is 50.7 Å². The van der Waals surface area contributed by atoms with E-state index in [0.29, 0.717) is 34.5 Å². The van der Waals surface area contributed by atoms with Gasteiger partial charge in [-0.3, -0.25) is 9.59 Å². The quantitative estimate of drug-likeness (QED) is 0.431. The second kappa shape index (κ2) is 8.88. The molecule has 146 valence electrons. The summed E-state index contributed by atoms with van der Waals surface area (Å²) in [7, 11) is 0. The summed E-state index contributed by atoms with van der Waals surface area (Å²) in [6.07, 6.45) is 2.82. The lowest BCUT2D eigenvalue weighted by Crippen LogP contribution is -2.14. The summed E-state index contributed by atoms with van der Waals surface area (Å²) in [5.41, 5.74) is 1.96. The summed E-state index contributed by atoms with van der Waals surface area (Å²) >= 11 is 1.20. The minimum atomic E-state index is -0.403. The number of nitrogens with zero attached hydrogens (tertiary/aromatic N) is 2. The maximum atomic E-state index is 12.7. The topological polar surface area (TPSA) is 98.2 Å². The van der Waals surface area contributed by atoms with Crippen molar-refractivity contribution in [3.05, 3.63) is 47.9 Å². The molecule has 1 aromatic carbocycles. The summed E-state index contributed by atoms with van der Waals surface area (Å²) in [5.74, 6) is 0.956. The summed E-state index contributed by atoms with van der Waals surface area (Å²) in [5, 5.41) is 10.7. The normalized spacial score (nSPS) is 12.0. The fraction of sp³-hybridized carbons (Fsp3) is 0.300. The van der Waals surface area contributed by atoms with E-state index < -0.39 is 5.25 Å². The Morgan fingerprint density at radius 3 is 2.57 bits per heavy atom. The van der Waals surface area contributed by atoms with Crippen molar-refractivity contribution in [1.29, 1.82) is 0 Å². The lowest BCUT2D eigenvalue weighted by Gasteiger charge is -2.09. The Labute approximate surface area is 166 Å². The zero-order valence-electron chi connectivity index (χ0n) is 15.9. The van der Waals surface area contributed by atoms with Gasteiger partial charge in [0.25, 0.3) is 11.1 Å². The third-order valence-electron chi connectivity index (χ3n) is 4.07. The van der Waals surface area contributed by atoms with Crippen molar-refractivity contribution in [1.82, 2.24) is 10.2 Å². The van der Waals surface area contributed by atoms with Gasteiger partial charge in [0.1, 0.15) is 5.76 Å². The van der Waals surface area contributed by atoms with E-state index in [4.69, 9.17) is 8.83 Å². The average molecular weight is 399 g/mol. The van der Waals surface area contributed by atoms with E-state index in [0.717, 1.165) is 12.0 Å². The molecule has 0 bridgehead atoms. The lowest BCUT2D eigenvalue weighted by atomic mass is 10.1. The van der Waals surface area contributed by atoms with E-state index in [-0.39, 0.29) is 11.7 Å². The van der Waals surface area contributed by atoms with Gasteiger partial charge < -0.3 is 14.2 Å². The molecule has 1 unspecified atom stereocenters. The maximum Gasteiger partial charge on any atom is 0.277 e. The van der Waals surface area contributed by atoms with Crippen LogP contribution in [0.5, 0.6) is 0 Å². The van der Waals surface area contributed by atoms with Crippen LogP contribution < -0.4 is 5.32 Å². The molecule has 1 amide bonds. The maximum absolute atomic E-state index is 12.7. The number of thioether (sulfide) groups is 1. The van der Waals surface area contributed by atoms with Crippen LogP contribution in [0.1, 0.15) is 42.8 Å². The van der Waals surface area contributed by atoms with E-state index in [2.05, 4.69) is 15.5 Å². The minimum Gasteiger partial charge on any atom is -0.469 e. The number of furan rings is 1. The first-order valence-corrected chi connectivity index (χ1v) is 9.84. The van der Waals surface area contributed by atoms with Crippen molar-refractivity contribution in [2.24, 2.45) is 0 Å². The highest BCUT2D eigenvalue weighted by atomic mass is 32.2. The molecule has 7 nitrogen and oxygen atoms in total. The highest BCUT2D eigenvalue weighted by Crippen LogP contribution is 2.29. The van der Waals surface area contributed by atoms with Gasteiger partial charge in [0.15, 0.2) is 5.78 Å². The molecule has 0 aliphatic rings. The third kappa shape index (κ3) is 4.69. The Morgan fingerprint density at radius 1 is 1.18 bits per heavy atom. The highest BCUT2D eigenvalue weighted by Gasteiger charge is 2.21. The highest BCUT2D eigenvalue weighted by molar-refractivity contribution is 8.00. The van der Waals surface area contributed by atoms with Gasteiger partial charge in [-0.1, -0.05) is 18.7 Å². The number of benzene rings is 1. The number of aryl methyl sites for hydroxylation is 1. The van der Waals surface area contributed by atoms with Gasteiger partial charge >= 0.3 is 0 Å². The first-order valence-electron chi connectivity index (χ1n) is 8.96. The van der Waals surface area contributed by atoms with Crippen LogP contribution >= 0.6 is 11.8 Å². The van der Waals surface area contributed by atoms with E-state index in [1.54, 1.807) is 43.5 Å². The number of carbonyl (C=O) groups is 2. The van der Waals surface area contributed by atoms with Gasteiger partial charge in [0.2, 0.25) is 5.91 Å². The summed E-state index contributed by atoms with van der Waals surface area (Å²) in [6, 6.07) is 8.62. The molecular weight excluding hydrogens is 378 g/mol. The van der Waals surface area contributed by atoms with Crippen LogP contribution in [0.4, 0.5) is 5.69 Å². The third-order valence-corrected chi connectivity index (χ3v) is 5.01. The molecule has 0 saturated carbocycles. The number of hydrogen-bond donors (Lipinski definition) is 1. The molecule has 1 atom stereocenters. The monoisotopic (exact) mass is 399 g/mol. The fourth-order valence-corrected chi connectivity index (χ4v) is 3.34. The SMILES string of the molecule is CCCC(=O)Nc1ccc(C(=O)C(C)Sc2nnc(-c3ccoc3C)o2)cc1. The average Bonchev–Trinajstić information content (AvgIpc) is 3.30. The van der Waals surface area contributed by atoms with Crippen molar-refractivity contribution in [3.8, 4) is 11.5 Å². The van der Waals surface area contributed by atoms with Gasteiger partial charge in [-0.05, 0) is 50.6 Å². The van der Waals surface area contributed by atoms with E-state index in [9.17, 15) is 9.59 Å². The molecule has 0 spiro atoms. The van der Waals surface area contributed by atoms with Crippen LogP contribution in [-0.4, -0.2) is 27.1 Å². The van der Waals surface area contributed by atoms with Crippen molar-refractivity contribution in [2.45, 2.75) is 44.1 Å². The summed E-state index contributed by atoms with van der Waals surface area (Å²) in [6.45, 7) is 5.55. The molecule has 0 aliphatic carbocycles. The van der Waals surface area contributed by atoms with Crippen LogP contribution in [0, 0.1) is 6.92 Å². The zero-order chi connectivity index (χ0) is 20.1. The Hall–Kier alpha value is -2.87. The van der Waals surface area contributed by atoms with E-state index in [1.807, 2.05) is 13.8 Å². The number of rotatable bonds is 8. The second-order valence-electron chi connectivity index (χ2n) is 6.26. The molecule has 0 radical (unpaired) electrons. The number of ketones is 1. The number of carbonyl (C=O) groups excluding carboxylic acids is 2. The zero-order valence-corrected chi connectivity index (χ0v) is 16.7. The van der Waals surface area contributed by atoms with Gasteiger partial charge in [-0.2, -0.15) is 0 Å². The number of nitrogens with one attached hydrogen (secondary N) is 1. The Kier molecular flexibility index (Phi) is 6.30. The van der Waals surface area contributed by atoms with Crippen molar-refractivity contribution in [2.75, 3.05) is 5.32 Å². The van der Waals surface area contributed by atoms with E-state index >= 15 is 0 Å². The predicted octanol–water partition coefficient (Wildman–Crippen LogP) is 4.74. The molecule has 3 rings (SSSR count). The summed E-state index contributed by atoms with van der Waals surface area (Å²) < 4.78 is 10.9. The molecule has 0 fully saturated rings. The van der Waals surface area contributed by atoms with Gasteiger partial charge in [-0.15, -0.1) is 10.2 Å². The Morgan fingerprint density at radius 2 is 1.93 bits per heavy atom. The van der Waals surface area contributed by atoms with Crippen LogP contribution in [0.3, 0.4) is 0 Å². The number of aromatic nitrogens is 2. The smallest absolute Gasteiger partial charge is 0.277 e. The molecule has 2 aromatic heterocycles. The number of Topliss-reactive ketones (excluding diaryl/α,β-unsaturated/α-hetero) is 1. The molecule has 8 heteroatoms. The number of amides is 1. The molecule has 1 N–H and O–H groups in total. The Balaban J connectivity index is 1.62. The van der Waals surface area contributed by atoms with Crippen LogP contribution in [-0.2, 0) is 4.79 Å². The lowest BCUT2D eigenvalue weighted by molar-refractivity contribution is -0.116. The minimum absolute atomic E-state index is 0.0365. The number of anilines is 1. The van der Waals surface area contributed by atoms with Crippen molar-refractivity contribution < 1.29 is 18.4 Å². The van der Waals surface area contributed by atoms with Gasteiger partial charge in [0, 0.05) is 17.7 Å². The predicted molar refractivity (Wildman–Crippen MR) is 106 cm³/mol. The van der Waals surface area contributed by atoms with Crippen LogP contribution in [0.25, 0.3) is 11.5 Å². The molecule has 0 aliphatic heterocycles. The van der Waals surface area contributed by atoms with E-state index in [1.165, 1.54) is 11.8 Å². The van der Waals surface area contributed by atoms with Crippen LogP contribution in [0.2, 0.25) is 0 Å². The fourth-order valence-electron chi connectivity index (χ4n) is 2.58. The van der Waals surface area contributed by atoms with Crippen molar-refractivity contribution >= 4 is 29.1 Å². The van der Waals surface area contributed by atoms with Crippen molar-refractivity contribution in [3.63, 3.8) is 0 Å². The Bertz CT molecular complexity index is 962. The molecule has 2 heterocycles. The molecule has 3 aromatic rings. The first kappa shape index (κ1) is 19.9. The molecule has 28 heavy (non-hydrogen) atoms. The summed E-state index contributed by atoms with van der Waals surface area (Å²) in [4.78, 5) is 24.3. The standard InChI is InChI=1S/C20H21N3O4S/c1-4-5-17(24)21-15-8-6-14(7-9-15)18(25)13(3)28-20-23-22-19(27-20)16-10-11-26-12(16)2/h6-11,13H,4-5H2,1-3H3,(H,21,24). The van der Waals surface area contributed by atoms with Gasteiger partial charge in [-0.25, -0.2) is 0 Å². The largest absolute Gasteiger partial charge is 0.469 e. The second-order valence-corrected chi connectivity index (χ2v) is 7.56. The van der Waals surface area contributed by atoms with Gasteiger partial charge in [0.05, 0.1) is 17.1 Å².